The molecule has 0 aromatic carbocycles. The normalized spacial score (nSPS) is 27.6. The van der Waals surface area contributed by atoms with Gasteiger partial charge in [0.1, 0.15) is 0 Å². The van der Waals surface area contributed by atoms with Crippen molar-refractivity contribution in [2.75, 3.05) is 6.54 Å². The van der Waals surface area contributed by atoms with Gasteiger partial charge >= 0.3 is 12.0 Å². The van der Waals surface area contributed by atoms with E-state index in [1.807, 2.05) is 0 Å². The molecule has 18 heavy (non-hydrogen) atoms. The first-order chi connectivity index (χ1) is 8.66. The molecule has 3 N–H and O–H groups in total. The number of carbonyl (C=O) groups is 2. The Bertz CT molecular complexity index is 315. The van der Waals surface area contributed by atoms with Crippen LogP contribution in [-0.4, -0.2) is 29.7 Å². The molecule has 2 unspecified atom stereocenters. The van der Waals surface area contributed by atoms with E-state index in [1.54, 1.807) is 0 Å². The summed E-state index contributed by atoms with van der Waals surface area (Å²) in [5.74, 6) is -0.432. The number of carboxylic acids is 1. The van der Waals surface area contributed by atoms with Crippen LogP contribution in [0, 0.1) is 11.8 Å². The Morgan fingerprint density at radius 2 is 1.83 bits per heavy atom. The third kappa shape index (κ3) is 3.37. The van der Waals surface area contributed by atoms with Crippen molar-refractivity contribution < 1.29 is 14.7 Å². The zero-order valence-corrected chi connectivity index (χ0v) is 10.7. The number of carboxylic acid groups (broad SMARTS) is 1. The molecule has 2 amide bonds. The highest BCUT2D eigenvalue weighted by Gasteiger charge is 2.33. The van der Waals surface area contributed by atoms with E-state index >= 15 is 0 Å². The minimum atomic E-state index is -0.799. The minimum Gasteiger partial charge on any atom is -0.481 e. The van der Waals surface area contributed by atoms with Gasteiger partial charge in [-0.25, -0.2) is 4.79 Å². The SMILES string of the molecule is O=C(NCCC1CCC1)NC1CCCC1C(=O)O. The Hall–Kier alpha value is -1.26. The van der Waals surface area contributed by atoms with E-state index in [2.05, 4.69) is 10.6 Å². The van der Waals surface area contributed by atoms with Gasteiger partial charge in [-0.2, -0.15) is 0 Å². The summed E-state index contributed by atoms with van der Waals surface area (Å²) < 4.78 is 0. The summed E-state index contributed by atoms with van der Waals surface area (Å²) in [6, 6.07) is -0.418. The van der Waals surface area contributed by atoms with Crippen molar-refractivity contribution in [3.8, 4) is 0 Å². The number of rotatable bonds is 5. The number of urea groups is 1. The summed E-state index contributed by atoms with van der Waals surface area (Å²) in [6.45, 7) is 0.695. The summed E-state index contributed by atoms with van der Waals surface area (Å²) in [5, 5.41) is 14.6. The molecule has 0 spiro atoms. The Balaban J connectivity index is 1.64. The van der Waals surface area contributed by atoms with Gasteiger partial charge in [0.15, 0.2) is 0 Å². The number of carbonyl (C=O) groups excluding carboxylic acids is 1. The van der Waals surface area contributed by atoms with Gasteiger partial charge in [0.05, 0.1) is 5.92 Å². The molecule has 2 atom stereocenters. The highest BCUT2D eigenvalue weighted by Crippen LogP contribution is 2.28. The van der Waals surface area contributed by atoms with Gasteiger partial charge < -0.3 is 15.7 Å². The molecule has 5 nitrogen and oxygen atoms in total. The molecule has 0 bridgehead atoms. The van der Waals surface area contributed by atoms with Gasteiger partial charge in [-0.3, -0.25) is 4.79 Å². The largest absolute Gasteiger partial charge is 0.481 e. The lowest BCUT2D eigenvalue weighted by molar-refractivity contribution is -0.142. The van der Waals surface area contributed by atoms with Gasteiger partial charge in [0.2, 0.25) is 0 Å². The smallest absolute Gasteiger partial charge is 0.315 e. The Kier molecular flexibility index (Phi) is 4.44. The average Bonchev–Trinajstić information content (AvgIpc) is 2.69. The quantitative estimate of drug-likeness (QED) is 0.699. The number of nitrogens with one attached hydrogen (secondary N) is 2. The van der Waals surface area contributed by atoms with Crippen LogP contribution >= 0.6 is 0 Å². The van der Waals surface area contributed by atoms with Gasteiger partial charge in [-0.1, -0.05) is 25.7 Å². The topological polar surface area (TPSA) is 78.4 Å². The number of amides is 2. The van der Waals surface area contributed by atoms with Crippen LogP contribution in [0.2, 0.25) is 0 Å². The molecule has 0 saturated heterocycles. The Morgan fingerprint density at radius 1 is 1.11 bits per heavy atom. The average molecular weight is 254 g/mol. The van der Waals surface area contributed by atoms with Crippen LogP contribution in [0.1, 0.15) is 44.9 Å². The van der Waals surface area contributed by atoms with E-state index in [9.17, 15) is 9.59 Å². The van der Waals surface area contributed by atoms with Crippen LogP contribution in [0.3, 0.4) is 0 Å². The van der Waals surface area contributed by atoms with Gasteiger partial charge in [0.25, 0.3) is 0 Å². The first-order valence-corrected chi connectivity index (χ1v) is 6.94. The molecular weight excluding hydrogens is 232 g/mol. The molecule has 0 heterocycles. The predicted octanol–water partition coefficient (Wildman–Crippen LogP) is 1.73. The van der Waals surface area contributed by atoms with E-state index in [-0.39, 0.29) is 12.1 Å². The van der Waals surface area contributed by atoms with E-state index in [1.165, 1.54) is 19.3 Å². The summed E-state index contributed by atoms with van der Waals surface area (Å²) in [5.41, 5.74) is 0. The highest BCUT2D eigenvalue weighted by molar-refractivity contribution is 5.76. The third-order valence-electron chi connectivity index (χ3n) is 4.21. The molecule has 102 valence electrons. The van der Waals surface area contributed by atoms with E-state index in [0.29, 0.717) is 13.0 Å². The maximum atomic E-state index is 11.6. The van der Waals surface area contributed by atoms with Crippen molar-refractivity contribution in [2.45, 2.75) is 51.0 Å². The molecule has 0 aliphatic heterocycles. The molecular formula is C13H22N2O3. The zero-order chi connectivity index (χ0) is 13.0. The van der Waals surface area contributed by atoms with Crippen LogP contribution in [0.25, 0.3) is 0 Å². The lowest BCUT2D eigenvalue weighted by Crippen LogP contribution is -2.45. The number of hydrogen-bond acceptors (Lipinski definition) is 2. The Labute approximate surface area is 107 Å². The fourth-order valence-corrected chi connectivity index (χ4v) is 2.82. The van der Waals surface area contributed by atoms with E-state index in [0.717, 1.165) is 25.2 Å². The van der Waals surface area contributed by atoms with Crippen LogP contribution in [0.4, 0.5) is 4.79 Å². The monoisotopic (exact) mass is 254 g/mol. The molecule has 2 aliphatic rings. The minimum absolute atomic E-state index is 0.203. The molecule has 0 aromatic rings. The number of hydrogen-bond donors (Lipinski definition) is 3. The molecule has 2 rings (SSSR count). The maximum Gasteiger partial charge on any atom is 0.315 e. The summed E-state index contributed by atoms with van der Waals surface area (Å²) in [6.07, 6.45) is 7.25. The van der Waals surface area contributed by atoms with Gasteiger partial charge in [-0.15, -0.1) is 0 Å². The van der Waals surface area contributed by atoms with Crippen molar-refractivity contribution in [2.24, 2.45) is 11.8 Å². The van der Waals surface area contributed by atoms with Crippen LogP contribution in [-0.2, 0) is 4.79 Å². The second-order valence-corrected chi connectivity index (χ2v) is 5.47. The van der Waals surface area contributed by atoms with Gasteiger partial charge in [-0.05, 0) is 25.2 Å². The van der Waals surface area contributed by atoms with Gasteiger partial charge in [0, 0.05) is 12.6 Å². The van der Waals surface area contributed by atoms with Crippen molar-refractivity contribution in [3.05, 3.63) is 0 Å². The highest BCUT2D eigenvalue weighted by atomic mass is 16.4. The lowest BCUT2D eigenvalue weighted by atomic mass is 9.83. The first kappa shape index (κ1) is 13.2. The Morgan fingerprint density at radius 3 is 2.44 bits per heavy atom. The zero-order valence-electron chi connectivity index (χ0n) is 10.7. The number of aliphatic carboxylic acids is 1. The van der Waals surface area contributed by atoms with Crippen molar-refractivity contribution >= 4 is 12.0 Å². The molecule has 2 saturated carbocycles. The standard InChI is InChI=1S/C13H22N2O3/c16-12(17)10-5-2-6-11(10)15-13(18)14-8-7-9-3-1-4-9/h9-11H,1-8H2,(H,16,17)(H2,14,15,18). The maximum absolute atomic E-state index is 11.6. The second kappa shape index (κ2) is 6.07. The predicted molar refractivity (Wildman–Crippen MR) is 67.3 cm³/mol. The van der Waals surface area contributed by atoms with Crippen molar-refractivity contribution in [1.82, 2.24) is 10.6 Å². The summed E-state index contributed by atoms with van der Waals surface area (Å²) in [7, 11) is 0. The van der Waals surface area contributed by atoms with Crippen LogP contribution < -0.4 is 10.6 Å². The lowest BCUT2D eigenvalue weighted by Gasteiger charge is -2.25. The third-order valence-corrected chi connectivity index (χ3v) is 4.21. The summed E-state index contributed by atoms with van der Waals surface area (Å²) in [4.78, 5) is 22.6. The first-order valence-electron chi connectivity index (χ1n) is 6.94. The molecule has 2 aliphatic carbocycles. The van der Waals surface area contributed by atoms with Crippen LogP contribution in [0.15, 0.2) is 0 Å². The fourth-order valence-electron chi connectivity index (χ4n) is 2.82. The second-order valence-electron chi connectivity index (χ2n) is 5.47. The molecule has 0 radical (unpaired) electrons. The molecule has 0 aromatic heterocycles. The van der Waals surface area contributed by atoms with E-state index < -0.39 is 11.9 Å². The van der Waals surface area contributed by atoms with Crippen molar-refractivity contribution in [3.63, 3.8) is 0 Å². The van der Waals surface area contributed by atoms with Crippen LogP contribution in [0.5, 0.6) is 0 Å². The van der Waals surface area contributed by atoms with E-state index in [4.69, 9.17) is 5.11 Å². The molecule has 5 heteroatoms. The summed E-state index contributed by atoms with van der Waals surface area (Å²) >= 11 is 0. The molecule has 2 fully saturated rings. The van der Waals surface area contributed by atoms with Crippen molar-refractivity contribution in [1.29, 1.82) is 0 Å². The fraction of sp³-hybridized carbons (Fsp3) is 0.846.